The predicted molar refractivity (Wildman–Crippen MR) is 75.5 cm³/mol. The van der Waals surface area contributed by atoms with Gasteiger partial charge >= 0.3 is 5.00 Å². The first-order chi connectivity index (χ1) is 9.25. The molecule has 1 fully saturated rings. The van der Waals surface area contributed by atoms with Crippen molar-refractivity contribution in [3.05, 3.63) is 27.1 Å². The second kappa shape index (κ2) is 7.57. The van der Waals surface area contributed by atoms with E-state index in [0.717, 1.165) is 18.7 Å². The summed E-state index contributed by atoms with van der Waals surface area (Å²) in [6, 6.07) is 1.62. The highest BCUT2D eigenvalue weighted by Crippen LogP contribution is 2.22. The standard InChI is InChI=1S/C13H20N2O3S/c16-15(17)13-8-11(10-19-13)9-14-6-7-18-12-4-2-1-3-5-12/h8,10,12,14H,1-7,9H2. The Kier molecular flexibility index (Phi) is 5.75. The van der Waals surface area contributed by atoms with Crippen LogP contribution in [0.2, 0.25) is 0 Å². The minimum atomic E-state index is -0.347. The zero-order valence-corrected chi connectivity index (χ0v) is 11.8. The van der Waals surface area contributed by atoms with E-state index in [9.17, 15) is 10.1 Å². The van der Waals surface area contributed by atoms with Crippen LogP contribution in [0.4, 0.5) is 5.00 Å². The van der Waals surface area contributed by atoms with Crippen LogP contribution in [0.3, 0.4) is 0 Å². The topological polar surface area (TPSA) is 64.4 Å². The Morgan fingerprint density at radius 3 is 2.89 bits per heavy atom. The summed E-state index contributed by atoms with van der Waals surface area (Å²) >= 11 is 1.17. The molecule has 0 amide bonds. The van der Waals surface area contributed by atoms with Gasteiger partial charge in [-0.1, -0.05) is 30.6 Å². The van der Waals surface area contributed by atoms with Crippen molar-refractivity contribution in [1.29, 1.82) is 0 Å². The molecule has 0 aliphatic heterocycles. The van der Waals surface area contributed by atoms with E-state index in [1.54, 1.807) is 6.07 Å². The summed E-state index contributed by atoms with van der Waals surface area (Å²) in [6.45, 7) is 2.18. The monoisotopic (exact) mass is 284 g/mol. The summed E-state index contributed by atoms with van der Waals surface area (Å²) in [4.78, 5) is 10.2. The van der Waals surface area contributed by atoms with Crippen LogP contribution in [0, 0.1) is 10.1 Å². The van der Waals surface area contributed by atoms with Crippen LogP contribution in [0.15, 0.2) is 11.4 Å². The first kappa shape index (κ1) is 14.4. The SMILES string of the molecule is O=[N+]([O-])c1cc(CNCCOC2CCCCC2)cs1. The Balaban J connectivity index is 1.57. The van der Waals surface area contributed by atoms with Crippen LogP contribution < -0.4 is 5.32 Å². The van der Waals surface area contributed by atoms with E-state index >= 15 is 0 Å². The zero-order valence-electron chi connectivity index (χ0n) is 11.0. The molecule has 0 aromatic carbocycles. The minimum Gasteiger partial charge on any atom is -0.377 e. The number of nitro groups is 1. The molecule has 1 aliphatic rings. The minimum absolute atomic E-state index is 0.204. The van der Waals surface area contributed by atoms with E-state index < -0.39 is 0 Å². The highest BCUT2D eigenvalue weighted by Gasteiger charge is 2.13. The van der Waals surface area contributed by atoms with Gasteiger partial charge in [0.15, 0.2) is 0 Å². The molecule has 1 N–H and O–H groups in total. The highest BCUT2D eigenvalue weighted by atomic mass is 32.1. The van der Waals surface area contributed by atoms with Gasteiger partial charge < -0.3 is 10.1 Å². The zero-order chi connectivity index (χ0) is 13.5. The largest absolute Gasteiger partial charge is 0.377 e. The van der Waals surface area contributed by atoms with Crippen LogP contribution in [-0.4, -0.2) is 24.2 Å². The van der Waals surface area contributed by atoms with E-state index in [0.29, 0.717) is 12.6 Å². The Morgan fingerprint density at radius 1 is 1.42 bits per heavy atom. The van der Waals surface area contributed by atoms with E-state index in [2.05, 4.69) is 5.32 Å². The van der Waals surface area contributed by atoms with Gasteiger partial charge in [0, 0.05) is 24.5 Å². The van der Waals surface area contributed by atoms with Crippen molar-refractivity contribution in [2.45, 2.75) is 44.8 Å². The van der Waals surface area contributed by atoms with Gasteiger partial charge in [-0.3, -0.25) is 10.1 Å². The van der Waals surface area contributed by atoms with Crippen LogP contribution in [0.25, 0.3) is 0 Å². The molecule has 0 saturated heterocycles. The molecular weight excluding hydrogens is 264 g/mol. The summed E-state index contributed by atoms with van der Waals surface area (Å²) < 4.78 is 5.80. The third-order valence-corrected chi connectivity index (χ3v) is 4.26. The normalized spacial score (nSPS) is 16.6. The molecule has 1 aliphatic carbocycles. The van der Waals surface area contributed by atoms with Crippen LogP contribution >= 0.6 is 11.3 Å². The van der Waals surface area contributed by atoms with Crippen molar-refractivity contribution < 1.29 is 9.66 Å². The number of rotatable bonds is 7. The summed E-state index contributed by atoms with van der Waals surface area (Å²) in [5, 5.41) is 15.8. The van der Waals surface area contributed by atoms with Gasteiger partial charge in [-0.25, -0.2) is 0 Å². The summed E-state index contributed by atoms with van der Waals surface area (Å²) in [7, 11) is 0. The van der Waals surface area contributed by atoms with E-state index in [1.807, 2.05) is 5.38 Å². The molecule has 19 heavy (non-hydrogen) atoms. The summed E-state index contributed by atoms with van der Waals surface area (Å²) in [5.41, 5.74) is 0.967. The molecule has 1 heterocycles. The molecule has 0 unspecified atom stereocenters. The summed E-state index contributed by atoms with van der Waals surface area (Å²) in [6.07, 6.45) is 6.74. The van der Waals surface area contributed by atoms with E-state index in [4.69, 9.17) is 4.74 Å². The van der Waals surface area contributed by atoms with Gasteiger partial charge in [0.05, 0.1) is 17.6 Å². The average Bonchev–Trinajstić information content (AvgIpc) is 2.89. The maximum Gasteiger partial charge on any atom is 0.324 e. The Hall–Kier alpha value is -0.980. The maximum absolute atomic E-state index is 10.5. The number of nitrogens with one attached hydrogen (secondary N) is 1. The number of hydrogen-bond acceptors (Lipinski definition) is 5. The van der Waals surface area contributed by atoms with Crippen LogP contribution in [-0.2, 0) is 11.3 Å². The van der Waals surface area contributed by atoms with Gasteiger partial charge in [0.2, 0.25) is 0 Å². The third kappa shape index (κ3) is 4.89. The molecule has 1 aromatic heterocycles. The van der Waals surface area contributed by atoms with Crippen molar-refractivity contribution >= 4 is 16.3 Å². The fourth-order valence-electron chi connectivity index (χ4n) is 2.31. The fraction of sp³-hybridized carbons (Fsp3) is 0.692. The molecule has 0 bridgehead atoms. The highest BCUT2D eigenvalue weighted by molar-refractivity contribution is 7.13. The van der Waals surface area contributed by atoms with E-state index in [1.165, 1.54) is 43.4 Å². The van der Waals surface area contributed by atoms with Crippen molar-refractivity contribution in [3.63, 3.8) is 0 Å². The molecular formula is C13H20N2O3S. The van der Waals surface area contributed by atoms with Gasteiger partial charge in [-0.05, 0) is 18.4 Å². The molecule has 1 saturated carbocycles. The van der Waals surface area contributed by atoms with Gasteiger partial charge in [-0.2, -0.15) is 0 Å². The molecule has 6 heteroatoms. The Morgan fingerprint density at radius 2 is 2.21 bits per heavy atom. The summed E-state index contributed by atoms with van der Waals surface area (Å²) in [5.74, 6) is 0. The second-order valence-corrected chi connectivity index (χ2v) is 5.75. The van der Waals surface area contributed by atoms with E-state index in [-0.39, 0.29) is 9.92 Å². The van der Waals surface area contributed by atoms with Crippen molar-refractivity contribution in [1.82, 2.24) is 5.32 Å². The number of nitrogens with zero attached hydrogens (tertiary/aromatic N) is 1. The van der Waals surface area contributed by atoms with Gasteiger partial charge in [-0.15, -0.1) is 0 Å². The number of ether oxygens (including phenoxy) is 1. The average molecular weight is 284 g/mol. The Bertz CT molecular complexity index is 402. The third-order valence-electron chi connectivity index (χ3n) is 3.33. The maximum atomic E-state index is 10.5. The lowest BCUT2D eigenvalue weighted by Crippen LogP contribution is -2.24. The first-order valence-corrected chi connectivity index (χ1v) is 7.68. The molecule has 5 nitrogen and oxygen atoms in total. The lowest BCUT2D eigenvalue weighted by Gasteiger charge is -2.21. The molecule has 2 rings (SSSR count). The fourth-order valence-corrected chi connectivity index (χ4v) is 3.04. The van der Waals surface area contributed by atoms with Crippen LogP contribution in [0.5, 0.6) is 0 Å². The number of hydrogen-bond donors (Lipinski definition) is 1. The van der Waals surface area contributed by atoms with Gasteiger partial charge in [0.1, 0.15) is 0 Å². The van der Waals surface area contributed by atoms with Crippen molar-refractivity contribution in [2.24, 2.45) is 0 Å². The van der Waals surface area contributed by atoms with Gasteiger partial charge in [0.25, 0.3) is 0 Å². The smallest absolute Gasteiger partial charge is 0.324 e. The lowest BCUT2D eigenvalue weighted by atomic mass is 9.98. The van der Waals surface area contributed by atoms with Crippen molar-refractivity contribution in [3.8, 4) is 0 Å². The van der Waals surface area contributed by atoms with Crippen molar-refractivity contribution in [2.75, 3.05) is 13.2 Å². The molecule has 0 atom stereocenters. The molecule has 1 aromatic rings. The Labute approximate surface area is 117 Å². The quantitative estimate of drug-likeness (QED) is 0.475. The molecule has 0 spiro atoms. The molecule has 106 valence electrons. The lowest BCUT2D eigenvalue weighted by molar-refractivity contribution is -0.380. The predicted octanol–water partition coefficient (Wildman–Crippen LogP) is 3.10. The first-order valence-electron chi connectivity index (χ1n) is 6.80. The second-order valence-electron chi connectivity index (χ2n) is 4.86. The molecule has 0 radical (unpaired) electrons. The number of thiophene rings is 1. The van der Waals surface area contributed by atoms with Crippen LogP contribution in [0.1, 0.15) is 37.7 Å².